The highest BCUT2D eigenvalue weighted by Crippen LogP contribution is 2.19. The predicted octanol–water partition coefficient (Wildman–Crippen LogP) is 4.38. The third kappa shape index (κ3) is 11.8. The van der Waals surface area contributed by atoms with E-state index in [2.05, 4.69) is 34.2 Å². The van der Waals surface area contributed by atoms with E-state index in [1.54, 1.807) is 0 Å². The van der Waals surface area contributed by atoms with Crippen molar-refractivity contribution in [1.29, 1.82) is 0 Å². The molecule has 0 amide bonds. The van der Waals surface area contributed by atoms with Crippen LogP contribution in [0.2, 0.25) is 18.6 Å². The molecular weight excluding hydrogens is 312 g/mol. The summed E-state index contributed by atoms with van der Waals surface area (Å²) in [6, 6.07) is 2.11. The van der Waals surface area contributed by atoms with Crippen molar-refractivity contribution in [2.45, 2.75) is 78.4 Å². The van der Waals surface area contributed by atoms with Gasteiger partial charge in [-0.1, -0.05) is 27.7 Å². The zero-order valence-electron chi connectivity index (χ0n) is 15.5. The van der Waals surface area contributed by atoms with E-state index in [0.29, 0.717) is 0 Å². The van der Waals surface area contributed by atoms with Gasteiger partial charge in [-0.25, -0.2) is 0 Å². The Morgan fingerprint density at radius 3 is 1.59 bits per heavy atom. The van der Waals surface area contributed by atoms with Gasteiger partial charge in [-0.15, -0.1) is 0 Å². The molecule has 4 nitrogen and oxygen atoms in total. The van der Waals surface area contributed by atoms with E-state index in [-0.39, 0.29) is 0 Å². The molecule has 0 unspecified atom stereocenters. The SMILES string of the molecule is CCCO[SiH](CCC[Si](C)(OCCC)OCCC)OCCC. The van der Waals surface area contributed by atoms with Crippen molar-refractivity contribution in [3.63, 3.8) is 0 Å². The van der Waals surface area contributed by atoms with Crippen LogP contribution < -0.4 is 0 Å². The van der Waals surface area contributed by atoms with Crippen LogP contribution in [0.25, 0.3) is 0 Å². The van der Waals surface area contributed by atoms with Gasteiger partial charge in [-0.05, 0) is 50.7 Å². The van der Waals surface area contributed by atoms with Gasteiger partial charge in [0.2, 0.25) is 0 Å². The smallest absolute Gasteiger partial charge is 0.334 e. The molecule has 6 heteroatoms. The monoisotopic (exact) mass is 350 g/mol. The molecule has 0 radical (unpaired) electrons. The summed E-state index contributed by atoms with van der Waals surface area (Å²) in [5.74, 6) is 0. The molecule has 0 fully saturated rings. The Hall–Kier alpha value is 0.274. The lowest BCUT2D eigenvalue weighted by Crippen LogP contribution is -2.39. The summed E-state index contributed by atoms with van der Waals surface area (Å²) in [6.07, 6.45) is 5.32. The van der Waals surface area contributed by atoms with E-state index in [1.165, 1.54) is 0 Å². The second-order valence-corrected chi connectivity index (χ2v) is 11.3. The maximum absolute atomic E-state index is 6.08. The first-order chi connectivity index (χ1) is 10.6. The minimum absolute atomic E-state index is 0.811. The lowest BCUT2D eigenvalue weighted by molar-refractivity contribution is 0.172. The Morgan fingerprint density at radius 1 is 0.727 bits per heavy atom. The molecule has 0 aliphatic rings. The maximum atomic E-state index is 6.08. The summed E-state index contributed by atoms with van der Waals surface area (Å²) in [5, 5.41) is 0. The quantitative estimate of drug-likeness (QED) is 0.387. The van der Waals surface area contributed by atoms with Crippen LogP contribution in [0.4, 0.5) is 0 Å². The van der Waals surface area contributed by atoms with Crippen LogP contribution in [0, 0.1) is 0 Å². The Kier molecular flexibility index (Phi) is 15.0. The van der Waals surface area contributed by atoms with Crippen molar-refractivity contribution in [2.24, 2.45) is 0 Å². The summed E-state index contributed by atoms with van der Waals surface area (Å²) in [4.78, 5) is 0. The van der Waals surface area contributed by atoms with Crippen molar-refractivity contribution in [3.05, 3.63) is 0 Å². The molecule has 0 aliphatic heterocycles. The first kappa shape index (κ1) is 22.3. The second-order valence-electron chi connectivity index (χ2n) is 5.89. The average Bonchev–Trinajstić information content (AvgIpc) is 2.53. The Labute approximate surface area is 141 Å². The zero-order valence-corrected chi connectivity index (χ0v) is 17.6. The molecule has 0 N–H and O–H groups in total. The predicted molar refractivity (Wildman–Crippen MR) is 98.0 cm³/mol. The van der Waals surface area contributed by atoms with Gasteiger partial charge in [0, 0.05) is 26.4 Å². The van der Waals surface area contributed by atoms with Crippen molar-refractivity contribution in [3.8, 4) is 0 Å². The van der Waals surface area contributed by atoms with Gasteiger partial charge in [0.25, 0.3) is 0 Å². The van der Waals surface area contributed by atoms with Gasteiger partial charge >= 0.3 is 17.8 Å². The summed E-state index contributed by atoms with van der Waals surface area (Å²) >= 11 is 0. The fourth-order valence-electron chi connectivity index (χ4n) is 2.13. The van der Waals surface area contributed by atoms with Crippen LogP contribution >= 0.6 is 0 Å². The Balaban J connectivity index is 4.22. The molecule has 0 bridgehead atoms. The minimum Gasteiger partial charge on any atom is -0.397 e. The van der Waals surface area contributed by atoms with Gasteiger partial charge in [-0.2, -0.15) is 0 Å². The fourth-order valence-corrected chi connectivity index (χ4v) is 6.99. The Morgan fingerprint density at radius 2 is 1.18 bits per heavy atom. The maximum Gasteiger partial charge on any atom is 0.334 e. The van der Waals surface area contributed by atoms with E-state index in [4.69, 9.17) is 17.7 Å². The standard InChI is InChI=1S/C16H38O4Si2/c1-6-11-17-21(18-12-7-2)15-10-16-22(5,19-13-8-3)20-14-9-4/h21H,6-16H2,1-5H3. The number of rotatable bonds is 16. The molecule has 0 atom stereocenters. The lowest BCUT2D eigenvalue weighted by atomic mass is 10.5. The van der Waals surface area contributed by atoms with E-state index in [9.17, 15) is 0 Å². The summed E-state index contributed by atoms with van der Waals surface area (Å²) in [6.45, 7) is 14.1. The van der Waals surface area contributed by atoms with Crippen LogP contribution in [0.5, 0.6) is 0 Å². The molecule has 0 aromatic heterocycles. The Bertz CT molecular complexity index is 226. The van der Waals surface area contributed by atoms with E-state index in [0.717, 1.165) is 70.6 Å². The largest absolute Gasteiger partial charge is 0.397 e. The van der Waals surface area contributed by atoms with Crippen LogP contribution in [0.1, 0.15) is 59.8 Å². The normalized spacial score (nSPS) is 12.3. The van der Waals surface area contributed by atoms with Crippen LogP contribution in [-0.4, -0.2) is 44.3 Å². The highest BCUT2D eigenvalue weighted by molar-refractivity contribution is 6.66. The average molecular weight is 351 g/mol. The highest BCUT2D eigenvalue weighted by atomic mass is 28.4. The molecule has 0 saturated heterocycles. The molecule has 0 aliphatic carbocycles. The minimum atomic E-state index is -2.01. The molecule has 134 valence electrons. The van der Waals surface area contributed by atoms with Gasteiger partial charge in [-0.3, -0.25) is 0 Å². The van der Waals surface area contributed by atoms with Gasteiger partial charge in [0.15, 0.2) is 0 Å². The van der Waals surface area contributed by atoms with Gasteiger partial charge in [0.05, 0.1) is 0 Å². The van der Waals surface area contributed by atoms with E-state index in [1.807, 2.05) is 0 Å². The molecule has 0 spiro atoms. The van der Waals surface area contributed by atoms with E-state index >= 15 is 0 Å². The third-order valence-electron chi connectivity index (χ3n) is 3.31. The van der Waals surface area contributed by atoms with Gasteiger partial charge in [0.1, 0.15) is 0 Å². The molecule has 0 aromatic rings. The summed E-state index contributed by atoms with van der Waals surface area (Å²) < 4.78 is 24.0. The summed E-state index contributed by atoms with van der Waals surface area (Å²) in [7, 11) is -3.51. The first-order valence-corrected chi connectivity index (χ1v) is 13.4. The van der Waals surface area contributed by atoms with Gasteiger partial charge < -0.3 is 17.7 Å². The fraction of sp³-hybridized carbons (Fsp3) is 1.00. The number of hydrogen-bond acceptors (Lipinski definition) is 4. The molecule has 0 aromatic carbocycles. The van der Waals surface area contributed by atoms with E-state index < -0.39 is 17.8 Å². The zero-order chi connectivity index (χ0) is 16.7. The second kappa shape index (κ2) is 14.8. The first-order valence-electron chi connectivity index (χ1n) is 9.12. The topological polar surface area (TPSA) is 36.9 Å². The molecule has 0 rings (SSSR count). The summed E-state index contributed by atoms with van der Waals surface area (Å²) in [5.41, 5.74) is 0. The highest BCUT2D eigenvalue weighted by Gasteiger charge is 2.31. The van der Waals surface area contributed by atoms with Crippen molar-refractivity contribution in [2.75, 3.05) is 26.4 Å². The molecular formula is C16H38O4Si2. The van der Waals surface area contributed by atoms with Crippen molar-refractivity contribution in [1.82, 2.24) is 0 Å². The lowest BCUT2D eigenvalue weighted by Gasteiger charge is -2.27. The van der Waals surface area contributed by atoms with Crippen LogP contribution in [-0.2, 0) is 17.7 Å². The molecule has 0 heterocycles. The molecule has 0 saturated carbocycles. The number of hydrogen-bond donors (Lipinski definition) is 0. The third-order valence-corrected chi connectivity index (χ3v) is 8.30. The van der Waals surface area contributed by atoms with Crippen LogP contribution in [0.15, 0.2) is 0 Å². The molecule has 22 heavy (non-hydrogen) atoms. The van der Waals surface area contributed by atoms with Crippen molar-refractivity contribution < 1.29 is 17.7 Å². The van der Waals surface area contributed by atoms with Crippen LogP contribution in [0.3, 0.4) is 0 Å². The van der Waals surface area contributed by atoms with Crippen molar-refractivity contribution >= 4 is 17.8 Å².